The fourth-order valence-corrected chi connectivity index (χ4v) is 5.07. The molecule has 1 aliphatic rings. The van der Waals surface area contributed by atoms with Gasteiger partial charge in [-0.25, -0.2) is 0 Å². The summed E-state index contributed by atoms with van der Waals surface area (Å²) in [6, 6.07) is 12.8. The number of hydrogen-bond acceptors (Lipinski definition) is 3. The molecule has 0 unspecified atom stereocenters. The third-order valence-electron chi connectivity index (χ3n) is 7.24. The summed E-state index contributed by atoms with van der Waals surface area (Å²) < 4.78 is 44.3. The molecule has 1 fully saturated rings. The molecular formula is C29H34F3N3O3. The first-order chi connectivity index (χ1) is 18.3. The predicted octanol–water partition coefficient (Wildman–Crippen LogP) is 5.42. The van der Waals surface area contributed by atoms with Gasteiger partial charge in [-0.05, 0) is 48.6 Å². The summed E-state index contributed by atoms with van der Waals surface area (Å²) in [5, 5.41) is 1.06. The Bertz CT molecular complexity index is 1220. The summed E-state index contributed by atoms with van der Waals surface area (Å²) in [4.78, 5) is 33.2. The maximum absolute atomic E-state index is 13.6. The van der Waals surface area contributed by atoms with Crippen LogP contribution in [-0.2, 0) is 33.5 Å². The number of para-hydroxylation sites is 1. The molecule has 0 radical (unpaired) electrons. The number of alkyl halides is 3. The van der Waals surface area contributed by atoms with E-state index in [1.165, 1.54) is 12.1 Å². The van der Waals surface area contributed by atoms with Crippen molar-refractivity contribution in [2.24, 2.45) is 5.92 Å². The molecule has 0 spiro atoms. The van der Waals surface area contributed by atoms with Crippen LogP contribution in [0.3, 0.4) is 0 Å². The van der Waals surface area contributed by atoms with Gasteiger partial charge in [-0.3, -0.25) is 9.59 Å². The molecule has 0 atom stereocenters. The summed E-state index contributed by atoms with van der Waals surface area (Å²) in [6.45, 7) is 1.05. The molecular weight excluding hydrogens is 495 g/mol. The van der Waals surface area contributed by atoms with Gasteiger partial charge < -0.3 is 19.5 Å². The average Bonchev–Trinajstić information content (AvgIpc) is 3.59. The van der Waals surface area contributed by atoms with E-state index < -0.39 is 11.7 Å². The van der Waals surface area contributed by atoms with Crippen LogP contribution in [0.5, 0.6) is 0 Å². The van der Waals surface area contributed by atoms with Gasteiger partial charge in [-0.2, -0.15) is 13.2 Å². The predicted molar refractivity (Wildman–Crippen MR) is 139 cm³/mol. The first-order valence-corrected chi connectivity index (χ1v) is 13.0. The summed E-state index contributed by atoms with van der Waals surface area (Å²) in [6.07, 6.45) is 1.72. The van der Waals surface area contributed by atoms with Crippen LogP contribution in [-0.4, -0.2) is 59.9 Å². The number of H-pyrrole nitrogens is 1. The molecule has 0 saturated heterocycles. The van der Waals surface area contributed by atoms with Crippen molar-refractivity contribution in [2.75, 3.05) is 33.4 Å². The molecule has 6 nitrogen and oxygen atoms in total. The minimum Gasteiger partial charge on any atom is -0.383 e. The quantitative estimate of drug-likeness (QED) is 0.361. The van der Waals surface area contributed by atoms with Crippen LogP contribution in [0.2, 0.25) is 0 Å². The summed E-state index contributed by atoms with van der Waals surface area (Å²) in [5.41, 5.74) is 1.90. The number of methoxy groups -OCH3 is 1. The molecule has 3 aromatic rings. The Kier molecular flexibility index (Phi) is 9.09. The molecule has 9 heteroatoms. The van der Waals surface area contributed by atoms with E-state index in [-0.39, 0.29) is 30.8 Å². The molecule has 0 aliphatic heterocycles. The Balaban J connectivity index is 1.52. The Morgan fingerprint density at radius 1 is 1.00 bits per heavy atom. The second-order valence-corrected chi connectivity index (χ2v) is 9.85. The van der Waals surface area contributed by atoms with Gasteiger partial charge in [-0.15, -0.1) is 0 Å². The molecule has 2 amide bonds. The number of aromatic amines is 1. The van der Waals surface area contributed by atoms with Crippen molar-refractivity contribution in [1.29, 1.82) is 0 Å². The standard InChI is InChI=1S/C29H34F3N3O3/c1-38-17-16-35(28(37)22-6-2-3-7-22)20-27(36)34(19-21-10-12-24(13-11-21)29(30,31)32)15-14-23-18-33-26-9-5-4-8-25(23)26/h4-5,8-13,18,22,33H,2-3,6-7,14-17,19-20H2,1H3. The second-order valence-electron chi connectivity index (χ2n) is 9.85. The van der Waals surface area contributed by atoms with Gasteiger partial charge in [0.2, 0.25) is 11.8 Å². The highest BCUT2D eigenvalue weighted by molar-refractivity contribution is 5.86. The number of nitrogens with one attached hydrogen (secondary N) is 1. The fraction of sp³-hybridized carbons (Fsp3) is 0.448. The second kappa shape index (κ2) is 12.5. The Morgan fingerprint density at radius 3 is 2.39 bits per heavy atom. The molecule has 1 aromatic heterocycles. The number of nitrogens with zero attached hydrogens (tertiary/aromatic N) is 2. The summed E-state index contributed by atoms with van der Waals surface area (Å²) in [5.74, 6) is -0.347. The molecule has 1 saturated carbocycles. The van der Waals surface area contributed by atoms with Crippen molar-refractivity contribution in [3.05, 3.63) is 71.4 Å². The Hall–Kier alpha value is -3.33. The lowest BCUT2D eigenvalue weighted by molar-refractivity contribution is -0.143. The zero-order chi connectivity index (χ0) is 27.1. The van der Waals surface area contributed by atoms with Crippen LogP contribution in [0.1, 0.15) is 42.4 Å². The molecule has 0 bridgehead atoms. The number of hydrogen-bond donors (Lipinski definition) is 1. The van der Waals surface area contributed by atoms with Crippen molar-refractivity contribution in [1.82, 2.24) is 14.8 Å². The van der Waals surface area contributed by atoms with Crippen LogP contribution in [0.25, 0.3) is 10.9 Å². The number of amides is 2. The van der Waals surface area contributed by atoms with Crippen molar-refractivity contribution >= 4 is 22.7 Å². The van der Waals surface area contributed by atoms with E-state index in [1.54, 1.807) is 16.9 Å². The van der Waals surface area contributed by atoms with Crippen molar-refractivity contribution in [2.45, 2.75) is 44.8 Å². The number of aromatic nitrogens is 1. The van der Waals surface area contributed by atoms with Gasteiger partial charge in [0.1, 0.15) is 0 Å². The van der Waals surface area contributed by atoms with Crippen LogP contribution < -0.4 is 0 Å². The highest BCUT2D eigenvalue weighted by Gasteiger charge is 2.31. The summed E-state index contributed by atoms with van der Waals surface area (Å²) >= 11 is 0. The lowest BCUT2D eigenvalue weighted by Crippen LogP contribution is -2.46. The van der Waals surface area contributed by atoms with Gasteiger partial charge in [0, 0.05) is 49.8 Å². The number of carbonyl (C=O) groups excluding carboxylic acids is 2. The van der Waals surface area contributed by atoms with E-state index in [0.717, 1.165) is 54.3 Å². The smallest absolute Gasteiger partial charge is 0.383 e. The highest BCUT2D eigenvalue weighted by atomic mass is 19.4. The number of benzene rings is 2. The number of carbonyl (C=O) groups is 2. The molecule has 38 heavy (non-hydrogen) atoms. The summed E-state index contributed by atoms with van der Waals surface area (Å²) in [7, 11) is 1.55. The molecule has 4 rings (SSSR count). The van der Waals surface area contributed by atoms with Crippen LogP contribution in [0, 0.1) is 5.92 Å². The largest absolute Gasteiger partial charge is 0.416 e. The monoisotopic (exact) mass is 529 g/mol. The van der Waals surface area contributed by atoms with E-state index in [9.17, 15) is 22.8 Å². The molecule has 204 valence electrons. The van der Waals surface area contributed by atoms with E-state index >= 15 is 0 Å². The van der Waals surface area contributed by atoms with Crippen molar-refractivity contribution in [3.8, 4) is 0 Å². The third-order valence-corrected chi connectivity index (χ3v) is 7.24. The van der Waals surface area contributed by atoms with Gasteiger partial charge in [0.15, 0.2) is 0 Å². The zero-order valence-corrected chi connectivity index (χ0v) is 21.6. The molecule has 1 aliphatic carbocycles. The van der Waals surface area contributed by atoms with Crippen LogP contribution in [0.4, 0.5) is 13.2 Å². The number of fused-ring (bicyclic) bond motifs is 1. The van der Waals surface area contributed by atoms with Crippen LogP contribution >= 0.6 is 0 Å². The molecule has 1 heterocycles. The first kappa shape index (κ1) is 27.7. The lowest BCUT2D eigenvalue weighted by Gasteiger charge is -2.29. The number of halogens is 3. The van der Waals surface area contributed by atoms with Gasteiger partial charge in [-0.1, -0.05) is 43.2 Å². The Morgan fingerprint density at radius 2 is 1.71 bits per heavy atom. The Labute approximate surface area is 220 Å². The van der Waals surface area contributed by atoms with Crippen molar-refractivity contribution < 1.29 is 27.5 Å². The highest BCUT2D eigenvalue weighted by Crippen LogP contribution is 2.29. The minimum atomic E-state index is -4.42. The minimum absolute atomic E-state index is 0.0287. The van der Waals surface area contributed by atoms with E-state index in [0.29, 0.717) is 31.7 Å². The maximum Gasteiger partial charge on any atom is 0.416 e. The molecule has 2 aromatic carbocycles. The molecule has 1 N–H and O–H groups in total. The maximum atomic E-state index is 13.6. The van der Waals surface area contributed by atoms with E-state index in [2.05, 4.69) is 4.98 Å². The van der Waals surface area contributed by atoms with Crippen LogP contribution in [0.15, 0.2) is 54.7 Å². The zero-order valence-electron chi connectivity index (χ0n) is 21.6. The lowest BCUT2D eigenvalue weighted by atomic mass is 10.1. The number of ether oxygens (including phenoxy) is 1. The number of rotatable bonds is 11. The normalized spacial score (nSPS) is 14.2. The first-order valence-electron chi connectivity index (χ1n) is 13.0. The van der Waals surface area contributed by atoms with E-state index in [4.69, 9.17) is 4.74 Å². The van der Waals surface area contributed by atoms with Gasteiger partial charge >= 0.3 is 6.18 Å². The SMILES string of the molecule is COCCN(CC(=O)N(CCc1c[nH]c2ccccc12)Cc1ccc(C(F)(F)F)cc1)C(=O)C1CCCC1. The van der Waals surface area contributed by atoms with Crippen molar-refractivity contribution in [3.63, 3.8) is 0 Å². The van der Waals surface area contributed by atoms with Gasteiger partial charge in [0.05, 0.1) is 18.7 Å². The van der Waals surface area contributed by atoms with E-state index in [1.807, 2.05) is 30.5 Å². The third kappa shape index (κ3) is 6.95. The topological polar surface area (TPSA) is 65.6 Å². The van der Waals surface area contributed by atoms with Gasteiger partial charge in [0.25, 0.3) is 0 Å². The fourth-order valence-electron chi connectivity index (χ4n) is 5.07. The average molecular weight is 530 g/mol.